The van der Waals surface area contributed by atoms with Gasteiger partial charge in [-0.15, -0.1) is 0 Å². The molecule has 1 saturated carbocycles. The van der Waals surface area contributed by atoms with E-state index in [1.54, 1.807) is 4.90 Å². The Balaban J connectivity index is 1.86. The predicted molar refractivity (Wildman–Crippen MR) is 90.8 cm³/mol. The fraction of sp³-hybridized carbons (Fsp3) is 0.500. The van der Waals surface area contributed by atoms with Crippen molar-refractivity contribution in [3.8, 4) is 5.75 Å². The summed E-state index contributed by atoms with van der Waals surface area (Å²) in [7, 11) is 0. The van der Waals surface area contributed by atoms with Gasteiger partial charge in [0.1, 0.15) is 17.3 Å². The average Bonchev–Trinajstić information content (AvgIpc) is 3.01. The van der Waals surface area contributed by atoms with Crippen LogP contribution in [0.2, 0.25) is 0 Å². The van der Waals surface area contributed by atoms with Gasteiger partial charge in [0.25, 0.3) is 5.91 Å². The highest BCUT2D eigenvalue weighted by Crippen LogP contribution is 2.58. The minimum Gasteiger partial charge on any atom is -0.488 e. The van der Waals surface area contributed by atoms with Gasteiger partial charge in [-0.25, -0.2) is 0 Å². The quantitative estimate of drug-likeness (QED) is 0.632. The van der Waals surface area contributed by atoms with Crippen LogP contribution in [0.3, 0.4) is 0 Å². The molecule has 1 fully saturated rings. The fourth-order valence-corrected chi connectivity index (χ4v) is 4.85. The molecule has 0 saturated heterocycles. The number of fused-ring (bicyclic) bond motifs is 2. The highest BCUT2D eigenvalue weighted by molar-refractivity contribution is 6.40. The summed E-state index contributed by atoms with van der Waals surface area (Å²) < 4.78 is 6.22. The van der Waals surface area contributed by atoms with Crippen LogP contribution in [0.5, 0.6) is 5.75 Å². The van der Waals surface area contributed by atoms with Gasteiger partial charge >= 0.3 is 0 Å². The Hall–Kier alpha value is -2.10. The number of amides is 1. The standard InChI is InChI=1S/C20H23NO3/c1-3-21(4-2)19(23)17(22)20-14-11-9-13(10-12-14)18(20)24-16-8-6-5-7-15(16)20/h5-9,11,13-14,18H,3-4,10,12H2,1-2H3/t13-,14+,18+,20+/m1/s1. The van der Waals surface area contributed by atoms with Crippen LogP contribution in [0.15, 0.2) is 36.4 Å². The Labute approximate surface area is 142 Å². The molecule has 1 aliphatic heterocycles. The van der Waals surface area contributed by atoms with Crippen LogP contribution in [0.1, 0.15) is 32.3 Å². The smallest absolute Gasteiger partial charge is 0.291 e. The van der Waals surface area contributed by atoms with Crippen LogP contribution in [-0.2, 0) is 15.0 Å². The summed E-state index contributed by atoms with van der Waals surface area (Å²) in [6, 6.07) is 7.75. The maximum absolute atomic E-state index is 13.5. The first-order valence-corrected chi connectivity index (χ1v) is 8.92. The summed E-state index contributed by atoms with van der Waals surface area (Å²) >= 11 is 0. The predicted octanol–water partition coefficient (Wildman–Crippen LogP) is 2.72. The van der Waals surface area contributed by atoms with Crippen LogP contribution in [0, 0.1) is 11.8 Å². The summed E-state index contributed by atoms with van der Waals surface area (Å²) in [5, 5.41) is 0. The van der Waals surface area contributed by atoms with E-state index in [1.165, 1.54) is 0 Å². The van der Waals surface area contributed by atoms with Crippen molar-refractivity contribution in [2.45, 2.75) is 38.2 Å². The molecule has 0 radical (unpaired) electrons. The van der Waals surface area contributed by atoms with Crippen molar-refractivity contribution in [1.82, 2.24) is 4.90 Å². The number of likely N-dealkylation sites (N-methyl/N-ethyl adjacent to an activating group) is 1. The molecule has 1 aromatic carbocycles. The van der Waals surface area contributed by atoms with Gasteiger partial charge in [0.15, 0.2) is 0 Å². The summed E-state index contributed by atoms with van der Waals surface area (Å²) in [6.45, 7) is 4.92. The Morgan fingerprint density at radius 3 is 2.58 bits per heavy atom. The normalized spacial score (nSPS) is 32.0. The third-order valence-corrected chi connectivity index (χ3v) is 6.03. The van der Waals surface area contributed by atoms with Crippen LogP contribution in [0.4, 0.5) is 0 Å². The van der Waals surface area contributed by atoms with Gasteiger partial charge in [-0.1, -0.05) is 30.4 Å². The topological polar surface area (TPSA) is 46.6 Å². The van der Waals surface area contributed by atoms with Crippen molar-refractivity contribution in [2.75, 3.05) is 13.1 Å². The van der Waals surface area contributed by atoms with Crippen molar-refractivity contribution in [3.05, 3.63) is 42.0 Å². The summed E-state index contributed by atoms with van der Waals surface area (Å²) in [6.07, 6.45) is 6.04. The zero-order valence-corrected chi connectivity index (χ0v) is 14.2. The number of ketones is 1. The Bertz CT molecular complexity index is 721. The largest absolute Gasteiger partial charge is 0.488 e. The molecular weight excluding hydrogens is 302 g/mol. The molecule has 5 rings (SSSR count). The molecule has 1 heterocycles. The Morgan fingerprint density at radius 2 is 1.92 bits per heavy atom. The van der Waals surface area contributed by atoms with Crippen LogP contribution in [-0.4, -0.2) is 35.8 Å². The third kappa shape index (κ3) is 1.80. The molecule has 3 aliphatic carbocycles. The van der Waals surface area contributed by atoms with Gasteiger partial charge < -0.3 is 9.64 Å². The Morgan fingerprint density at radius 1 is 1.17 bits per heavy atom. The number of hydrogen-bond acceptors (Lipinski definition) is 3. The second kappa shape index (κ2) is 5.47. The summed E-state index contributed by atoms with van der Waals surface area (Å²) in [4.78, 5) is 28.1. The van der Waals surface area contributed by atoms with Gasteiger partial charge in [-0.3, -0.25) is 9.59 Å². The molecule has 1 amide bonds. The van der Waals surface area contributed by atoms with E-state index >= 15 is 0 Å². The molecule has 4 heteroatoms. The molecule has 0 spiro atoms. The molecule has 4 aliphatic rings. The van der Waals surface area contributed by atoms with Crippen LogP contribution < -0.4 is 4.74 Å². The number of hydrogen-bond donors (Lipinski definition) is 0. The third-order valence-electron chi connectivity index (χ3n) is 6.03. The molecule has 24 heavy (non-hydrogen) atoms. The number of rotatable bonds is 4. The Kier molecular flexibility index (Phi) is 3.52. The SMILES string of the molecule is CCN(CC)C(=O)C(=O)[C@]12c3ccccc3O[C@H]1[C@@H]1C=C[C@H]2CC1. The van der Waals surface area contributed by atoms with Gasteiger partial charge in [0.2, 0.25) is 5.78 Å². The first-order valence-electron chi connectivity index (χ1n) is 8.92. The number of para-hydroxylation sites is 1. The van der Waals surface area contributed by atoms with Gasteiger partial charge in [-0.05, 0) is 38.7 Å². The van der Waals surface area contributed by atoms with Gasteiger partial charge in [-0.2, -0.15) is 0 Å². The zero-order valence-electron chi connectivity index (χ0n) is 14.2. The second-order valence-electron chi connectivity index (χ2n) is 6.94. The van der Waals surface area contributed by atoms with E-state index in [4.69, 9.17) is 4.74 Å². The number of allylic oxidation sites excluding steroid dienone is 1. The average molecular weight is 325 g/mol. The fourth-order valence-electron chi connectivity index (χ4n) is 4.85. The van der Waals surface area contributed by atoms with Crippen molar-refractivity contribution in [2.24, 2.45) is 11.8 Å². The maximum atomic E-state index is 13.5. The number of Topliss-reactive ketones (excluding diaryl/α,β-unsaturated/α-hetero) is 1. The molecule has 0 unspecified atom stereocenters. The monoisotopic (exact) mass is 325 g/mol. The van der Waals surface area contributed by atoms with E-state index in [2.05, 4.69) is 12.2 Å². The van der Waals surface area contributed by atoms with E-state index < -0.39 is 5.41 Å². The lowest BCUT2D eigenvalue weighted by Crippen LogP contribution is -2.61. The van der Waals surface area contributed by atoms with E-state index in [9.17, 15) is 9.59 Å². The molecule has 0 aromatic heterocycles. The van der Waals surface area contributed by atoms with Crippen molar-refractivity contribution in [3.63, 3.8) is 0 Å². The van der Waals surface area contributed by atoms with E-state index in [1.807, 2.05) is 38.1 Å². The number of carbonyl (C=O) groups is 2. The number of nitrogens with zero attached hydrogens (tertiary/aromatic N) is 1. The minimum absolute atomic E-state index is 0.0446. The number of carbonyl (C=O) groups excluding carboxylic acids is 2. The van der Waals surface area contributed by atoms with Crippen molar-refractivity contribution >= 4 is 11.7 Å². The first kappa shape index (κ1) is 15.4. The molecule has 4 atom stereocenters. The van der Waals surface area contributed by atoms with Crippen molar-refractivity contribution < 1.29 is 14.3 Å². The minimum atomic E-state index is -0.839. The molecule has 4 nitrogen and oxygen atoms in total. The molecular formula is C20H23NO3. The van der Waals surface area contributed by atoms with Crippen LogP contribution in [0.25, 0.3) is 0 Å². The number of benzene rings is 1. The lowest BCUT2D eigenvalue weighted by atomic mass is 9.53. The maximum Gasteiger partial charge on any atom is 0.291 e. The van der Waals surface area contributed by atoms with E-state index in [0.29, 0.717) is 13.1 Å². The van der Waals surface area contributed by atoms with Crippen molar-refractivity contribution in [1.29, 1.82) is 0 Å². The highest BCUT2D eigenvalue weighted by atomic mass is 16.5. The molecule has 0 N–H and O–H groups in total. The van der Waals surface area contributed by atoms with Crippen LogP contribution >= 0.6 is 0 Å². The summed E-state index contributed by atoms with van der Waals surface area (Å²) in [5.41, 5.74) is 0.0630. The molecule has 2 bridgehead atoms. The van der Waals surface area contributed by atoms with Gasteiger partial charge in [0, 0.05) is 24.6 Å². The first-order chi connectivity index (χ1) is 11.6. The lowest BCUT2D eigenvalue weighted by Gasteiger charge is -2.48. The van der Waals surface area contributed by atoms with Gasteiger partial charge in [0.05, 0.1) is 0 Å². The highest BCUT2D eigenvalue weighted by Gasteiger charge is 2.65. The summed E-state index contributed by atoms with van der Waals surface area (Å²) in [5.74, 6) is 0.356. The molecule has 1 aromatic rings. The van der Waals surface area contributed by atoms with E-state index in [0.717, 1.165) is 24.2 Å². The number of ether oxygens (including phenoxy) is 1. The van der Waals surface area contributed by atoms with E-state index in [-0.39, 0.29) is 29.6 Å². The lowest BCUT2D eigenvalue weighted by molar-refractivity contribution is -0.152. The molecule has 126 valence electrons. The second-order valence-corrected chi connectivity index (χ2v) is 6.94. The zero-order chi connectivity index (χ0) is 16.9.